The highest BCUT2D eigenvalue weighted by Crippen LogP contribution is 2.37. The van der Waals surface area contributed by atoms with Crippen molar-refractivity contribution in [3.63, 3.8) is 0 Å². The number of para-hydroxylation sites is 1. The van der Waals surface area contributed by atoms with Crippen LogP contribution in [0.5, 0.6) is 11.5 Å². The van der Waals surface area contributed by atoms with Gasteiger partial charge in [-0.1, -0.05) is 41.6 Å². The molecule has 0 aromatic heterocycles. The topological polar surface area (TPSA) is 21.7 Å². The summed E-state index contributed by atoms with van der Waals surface area (Å²) in [4.78, 5) is 1.59. The van der Waals surface area contributed by atoms with Gasteiger partial charge in [0.2, 0.25) is 0 Å². The van der Waals surface area contributed by atoms with Gasteiger partial charge in [0.1, 0.15) is 29.5 Å². The van der Waals surface area contributed by atoms with Crippen LogP contribution in [0.4, 0.5) is 23.2 Å². The first-order chi connectivity index (χ1) is 16.7. The maximum atomic E-state index is 13.5. The molecule has 0 fully saturated rings. The summed E-state index contributed by atoms with van der Waals surface area (Å²) in [6.45, 7) is 1.38. The Hall–Kier alpha value is -3.67. The molecule has 1 heterocycles. The van der Waals surface area contributed by atoms with E-state index in [1.165, 1.54) is 26.2 Å². The molecule has 0 N–H and O–H groups in total. The van der Waals surface area contributed by atoms with Gasteiger partial charge in [0.05, 0.1) is 29.2 Å². The maximum Gasteiger partial charge on any atom is 0.423 e. The molecule has 35 heavy (non-hydrogen) atoms. The lowest BCUT2D eigenvalue weighted by Gasteiger charge is -2.30. The van der Waals surface area contributed by atoms with E-state index in [0.717, 1.165) is 11.6 Å². The van der Waals surface area contributed by atoms with Crippen LogP contribution in [-0.2, 0) is 0 Å². The van der Waals surface area contributed by atoms with E-state index in [4.69, 9.17) is 21.1 Å². The van der Waals surface area contributed by atoms with Crippen molar-refractivity contribution in [3.05, 3.63) is 106 Å². The molecular formula is C27H20ClF4NO2. The second-order valence-electron chi connectivity index (χ2n) is 7.70. The highest BCUT2D eigenvalue weighted by atomic mass is 35.5. The first kappa shape index (κ1) is 24.5. The van der Waals surface area contributed by atoms with Gasteiger partial charge in [-0.2, -0.15) is 13.2 Å². The average Bonchev–Trinajstić information content (AvgIpc) is 2.83. The molecule has 0 saturated carbocycles. The van der Waals surface area contributed by atoms with Crippen molar-refractivity contribution in [2.24, 2.45) is 0 Å². The SMILES string of the molecule is COc1cc(F)ccc1-c1ccc(OCC2=CC(C(F)(F)F)=C=C(C)N2c2ccccc2Cl)cc1. The molecule has 0 bridgehead atoms. The van der Waals surface area contributed by atoms with Crippen LogP contribution < -0.4 is 14.4 Å². The molecule has 0 atom stereocenters. The van der Waals surface area contributed by atoms with Gasteiger partial charge >= 0.3 is 6.18 Å². The summed E-state index contributed by atoms with van der Waals surface area (Å²) in [5, 5.41) is 0.382. The molecule has 1 aliphatic heterocycles. The zero-order chi connectivity index (χ0) is 25.2. The van der Waals surface area contributed by atoms with Crippen LogP contribution in [0, 0.1) is 5.82 Å². The highest BCUT2D eigenvalue weighted by molar-refractivity contribution is 6.33. The molecule has 1 aliphatic rings. The van der Waals surface area contributed by atoms with Gasteiger partial charge in [-0.3, -0.25) is 0 Å². The first-order valence-electron chi connectivity index (χ1n) is 10.5. The summed E-state index contributed by atoms with van der Waals surface area (Å²) in [6, 6.07) is 18.0. The van der Waals surface area contributed by atoms with E-state index in [1.54, 1.807) is 59.5 Å². The Kier molecular flexibility index (Phi) is 6.92. The average molecular weight is 502 g/mol. The summed E-state index contributed by atoms with van der Waals surface area (Å²) in [6.07, 6.45) is -3.55. The number of anilines is 1. The van der Waals surface area contributed by atoms with Crippen molar-refractivity contribution in [2.75, 3.05) is 18.6 Å². The van der Waals surface area contributed by atoms with Gasteiger partial charge in [0, 0.05) is 11.6 Å². The lowest BCUT2D eigenvalue weighted by molar-refractivity contribution is -0.0882. The number of rotatable bonds is 6. The highest BCUT2D eigenvalue weighted by Gasteiger charge is 2.35. The number of ether oxygens (including phenoxy) is 2. The van der Waals surface area contributed by atoms with E-state index in [2.05, 4.69) is 5.73 Å². The van der Waals surface area contributed by atoms with Crippen LogP contribution >= 0.6 is 11.6 Å². The molecule has 180 valence electrons. The first-order valence-corrected chi connectivity index (χ1v) is 10.9. The summed E-state index contributed by atoms with van der Waals surface area (Å²) in [5.41, 5.74) is 4.00. The van der Waals surface area contributed by atoms with Gasteiger partial charge in [-0.25, -0.2) is 4.39 Å². The summed E-state index contributed by atoms with van der Waals surface area (Å²) in [5.74, 6) is 0.417. The van der Waals surface area contributed by atoms with Crippen LogP contribution in [0.2, 0.25) is 5.02 Å². The lowest BCUT2D eigenvalue weighted by atomic mass is 10.0. The number of halogens is 5. The van der Waals surface area contributed by atoms with Gasteiger partial charge in [0.25, 0.3) is 0 Å². The minimum atomic E-state index is -4.56. The fourth-order valence-electron chi connectivity index (χ4n) is 3.75. The van der Waals surface area contributed by atoms with Crippen molar-refractivity contribution in [1.29, 1.82) is 0 Å². The lowest BCUT2D eigenvalue weighted by Crippen LogP contribution is -2.28. The fraction of sp³-hybridized carbons (Fsp3) is 0.148. The smallest absolute Gasteiger partial charge is 0.423 e. The number of methoxy groups -OCH3 is 1. The monoisotopic (exact) mass is 501 g/mol. The molecule has 3 aromatic rings. The van der Waals surface area contributed by atoms with Crippen LogP contribution in [0.3, 0.4) is 0 Å². The second-order valence-corrected chi connectivity index (χ2v) is 8.11. The summed E-state index contributed by atoms with van der Waals surface area (Å²) >= 11 is 6.33. The molecule has 0 radical (unpaired) electrons. The number of allylic oxidation sites excluding steroid dienone is 2. The minimum absolute atomic E-state index is 0.150. The van der Waals surface area contributed by atoms with Gasteiger partial charge in [-0.05, 0) is 55.0 Å². The van der Waals surface area contributed by atoms with Crippen molar-refractivity contribution >= 4 is 17.3 Å². The number of hydrogen-bond acceptors (Lipinski definition) is 3. The zero-order valence-electron chi connectivity index (χ0n) is 18.8. The predicted octanol–water partition coefficient (Wildman–Crippen LogP) is 7.93. The van der Waals surface area contributed by atoms with Crippen molar-refractivity contribution in [3.8, 4) is 22.6 Å². The number of benzene rings is 3. The Bertz CT molecular complexity index is 1340. The molecule has 0 amide bonds. The Balaban J connectivity index is 1.60. The van der Waals surface area contributed by atoms with Gasteiger partial charge in [0.15, 0.2) is 0 Å². The number of alkyl halides is 3. The third kappa shape index (κ3) is 5.37. The third-order valence-electron chi connectivity index (χ3n) is 5.36. The van der Waals surface area contributed by atoms with Crippen LogP contribution in [0.25, 0.3) is 11.1 Å². The Morgan fingerprint density at radius 2 is 1.71 bits per heavy atom. The molecule has 0 unspecified atom stereocenters. The van der Waals surface area contributed by atoms with E-state index in [9.17, 15) is 17.6 Å². The van der Waals surface area contributed by atoms with Crippen molar-refractivity contribution in [1.82, 2.24) is 0 Å². The standard InChI is InChI=1S/C27H20ClF4NO2/c1-17-13-19(27(30,31)32)14-21(33(17)25-6-4-3-5-24(25)28)16-35-22-10-7-18(8-11-22)23-12-9-20(29)15-26(23)34-2/h3-12,14-15H,16H2,1-2H3. The second kappa shape index (κ2) is 9.90. The van der Waals surface area contributed by atoms with Crippen molar-refractivity contribution < 1.29 is 27.0 Å². The van der Waals surface area contributed by atoms with Gasteiger partial charge < -0.3 is 14.4 Å². The molecule has 3 nitrogen and oxygen atoms in total. The molecule has 4 rings (SSSR count). The van der Waals surface area contributed by atoms with Crippen LogP contribution in [0.15, 0.2) is 95.5 Å². The van der Waals surface area contributed by atoms with Crippen LogP contribution in [0.1, 0.15) is 6.92 Å². The van der Waals surface area contributed by atoms with E-state index >= 15 is 0 Å². The number of hydrogen-bond donors (Lipinski definition) is 0. The third-order valence-corrected chi connectivity index (χ3v) is 5.68. The van der Waals surface area contributed by atoms with Crippen molar-refractivity contribution in [2.45, 2.75) is 13.1 Å². The quantitative estimate of drug-likeness (QED) is 0.253. The molecule has 0 spiro atoms. The maximum absolute atomic E-state index is 13.5. The van der Waals surface area contributed by atoms with Crippen LogP contribution in [-0.4, -0.2) is 19.9 Å². The summed E-state index contributed by atoms with van der Waals surface area (Å²) in [7, 11) is 1.46. The van der Waals surface area contributed by atoms with Gasteiger partial charge in [-0.15, -0.1) is 0 Å². The minimum Gasteiger partial charge on any atom is -0.496 e. The predicted molar refractivity (Wildman–Crippen MR) is 128 cm³/mol. The number of nitrogens with zero attached hydrogens (tertiary/aromatic N) is 1. The molecular weight excluding hydrogens is 482 g/mol. The largest absolute Gasteiger partial charge is 0.496 e. The fourth-order valence-corrected chi connectivity index (χ4v) is 3.97. The van der Waals surface area contributed by atoms with E-state index < -0.39 is 17.6 Å². The normalized spacial score (nSPS) is 13.7. The van der Waals surface area contributed by atoms with E-state index in [0.29, 0.717) is 27.8 Å². The molecule has 0 aliphatic carbocycles. The van der Waals surface area contributed by atoms with E-state index in [1.807, 2.05) is 0 Å². The molecule has 3 aromatic carbocycles. The Morgan fingerprint density at radius 3 is 2.37 bits per heavy atom. The molecule has 8 heteroatoms. The summed E-state index contributed by atoms with van der Waals surface area (Å²) < 4.78 is 65.0. The van der Waals surface area contributed by atoms with E-state index in [-0.39, 0.29) is 18.0 Å². The Morgan fingerprint density at radius 1 is 1.00 bits per heavy atom. The Labute approximate surface area is 205 Å². The molecule has 0 saturated heterocycles. The zero-order valence-corrected chi connectivity index (χ0v) is 19.5.